The fourth-order valence-corrected chi connectivity index (χ4v) is 4.47. The Morgan fingerprint density at radius 2 is 1.90 bits per heavy atom. The van der Waals surface area contributed by atoms with Crippen LogP contribution in [-0.4, -0.2) is 22.4 Å². The molecule has 1 aromatic carbocycles. The predicted octanol–water partition coefficient (Wildman–Crippen LogP) is 4.60. The van der Waals surface area contributed by atoms with Gasteiger partial charge in [0.1, 0.15) is 11.6 Å². The Kier molecular flexibility index (Phi) is 5.33. The molecule has 3 atom stereocenters. The number of carbonyl (C=O) groups excluding carboxylic acids is 2. The molecule has 1 N–H and O–H groups in total. The predicted molar refractivity (Wildman–Crippen MR) is 114 cm³/mol. The zero-order valence-corrected chi connectivity index (χ0v) is 17.3. The van der Waals surface area contributed by atoms with Crippen LogP contribution in [0.3, 0.4) is 0 Å². The first-order valence-electron chi connectivity index (χ1n) is 10.1. The molecule has 1 aromatic heterocycles. The van der Waals surface area contributed by atoms with Crippen molar-refractivity contribution in [2.45, 2.75) is 39.5 Å². The monoisotopic (exact) mass is 405 g/mol. The first kappa shape index (κ1) is 20.1. The number of pyridine rings is 1. The molecule has 1 amide bonds. The number of allylic oxidation sites excluding steroid dienone is 2. The summed E-state index contributed by atoms with van der Waals surface area (Å²) in [6.07, 6.45) is 1.09. The van der Waals surface area contributed by atoms with Crippen LogP contribution < -0.4 is 5.32 Å². The van der Waals surface area contributed by atoms with Crippen molar-refractivity contribution in [1.82, 2.24) is 4.98 Å². The fourth-order valence-electron chi connectivity index (χ4n) is 4.47. The maximum atomic E-state index is 14.1. The van der Waals surface area contributed by atoms with Gasteiger partial charge in [0, 0.05) is 35.0 Å². The van der Waals surface area contributed by atoms with Crippen LogP contribution in [0.2, 0.25) is 0 Å². The maximum absolute atomic E-state index is 14.1. The summed E-state index contributed by atoms with van der Waals surface area (Å²) in [5, 5.41) is 2.86. The zero-order valence-electron chi connectivity index (χ0n) is 17.3. The summed E-state index contributed by atoms with van der Waals surface area (Å²) in [6.45, 7) is 5.66. The molecular formula is C24H24FN3O2. The zero-order chi connectivity index (χ0) is 21.4. The van der Waals surface area contributed by atoms with E-state index in [2.05, 4.69) is 15.3 Å². The van der Waals surface area contributed by atoms with Crippen molar-refractivity contribution in [2.75, 3.05) is 5.32 Å². The van der Waals surface area contributed by atoms with Crippen LogP contribution in [0.1, 0.15) is 43.9 Å². The number of ketones is 1. The third-order valence-electron chi connectivity index (χ3n) is 5.72. The van der Waals surface area contributed by atoms with E-state index in [0.717, 1.165) is 11.4 Å². The van der Waals surface area contributed by atoms with Gasteiger partial charge in [-0.15, -0.1) is 0 Å². The molecule has 1 aliphatic carbocycles. The highest BCUT2D eigenvalue weighted by atomic mass is 19.1. The highest BCUT2D eigenvalue weighted by Gasteiger charge is 2.43. The number of aromatic nitrogens is 1. The van der Waals surface area contributed by atoms with Crippen molar-refractivity contribution < 1.29 is 14.0 Å². The molecule has 0 saturated heterocycles. The minimum atomic E-state index is -0.717. The number of hydrogen-bond donors (Lipinski definition) is 1. The number of halogens is 1. The fraction of sp³-hybridized carbons (Fsp3) is 0.333. The van der Waals surface area contributed by atoms with E-state index in [1.54, 1.807) is 25.1 Å². The Balaban J connectivity index is 1.79. The molecule has 1 unspecified atom stereocenters. The minimum absolute atomic E-state index is 0.0132. The molecule has 4 rings (SSSR count). The Labute approximate surface area is 175 Å². The van der Waals surface area contributed by atoms with Crippen LogP contribution in [0.25, 0.3) is 0 Å². The maximum Gasteiger partial charge on any atom is 0.235 e. The number of aliphatic imine (C=N–C) groups is 1. The number of amides is 1. The van der Waals surface area contributed by atoms with Gasteiger partial charge in [0.15, 0.2) is 5.78 Å². The molecule has 2 aliphatic rings. The van der Waals surface area contributed by atoms with Gasteiger partial charge in [-0.1, -0.05) is 25.1 Å². The number of anilines is 1. The second-order valence-electron chi connectivity index (χ2n) is 8.21. The smallest absolute Gasteiger partial charge is 0.235 e. The average Bonchev–Trinajstić information content (AvgIpc) is 2.66. The van der Waals surface area contributed by atoms with Crippen molar-refractivity contribution in [1.29, 1.82) is 0 Å². The lowest BCUT2D eigenvalue weighted by Gasteiger charge is -2.36. The minimum Gasteiger partial charge on any atom is -0.310 e. The van der Waals surface area contributed by atoms with Crippen molar-refractivity contribution >= 4 is 23.2 Å². The summed E-state index contributed by atoms with van der Waals surface area (Å²) in [6, 6.07) is 11.5. The van der Waals surface area contributed by atoms with E-state index in [1.165, 1.54) is 12.1 Å². The molecule has 1 aliphatic heterocycles. The van der Waals surface area contributed by atoms with Crippen molar-refractivity contribution in [2.24, 2.45) is 16.8 Å². The van der Waals surface area contributed by atoms with E-state index in [4.69, 9.17) is 0 Å². The second kappa shape index (κ2) is 7.94. The summed E-state index contributed by atoms with van der Waals surface area (Å²) in [5.41, 5.74) is 3.28. The highest BCUT2D eigenvalue weighted by Crippen LogP contribution is 2.44. The van der Waals surface area contributed by atoms with Crippen molar-refractivity contribution in [3.8, 4) is 0 Å². The summed E-state index contributed by atoms with van der Waals surface area (Å²) in [4.78, 5) is 35.4. The Morgan fingerprint density at radius 3 is 2.63 bits per heavy atom. The first-order valence-corrected chi connectivity index (χ1v) is 10.1. The molecule has 2 heterocycles. The average molecular weight is 405 g/mol. The normalized spacial score (nSPS) is 23.7. The van der Waals surface area contributed by atoms with E-state index in [-0.39, 0.29) is 17.6 Å². The van der Waals surface area contributed by atoms with Crippen LogP contribution in [-0.2, 0) is 9.59 Å². The summed E-state index contributed by atoms with van der Waals surface area (Å²) >= 11 is 0. The highest BCUT2D eigenvalue weighted by molar-refractivity contribution is 6.13. The number of benzene rings is 1. The van der Waals surface area contributed by atoms with Gasteiger partial charge >= 0.3 is 0 Å². The SMILES string of the molecule is CC1=NC2=C(C(=O)C[C@@H](C)C2)[C@H](c2cccc(F)c2)C1C(=O)Nc1cccc(C)n1. The van der Waals surface area contributed by atoms with Crippen molar-refractivity contribution in [3.05, 3.63) is 70.8 Å². The Morgan fingerprint density at radius 1 is 1.13 bits per heavy atom. The van der Waals surface area contributed by atoms with Gasteiger partial charge in [0.25, 0.3) is 0 Å². The number of rotatable bonds is 3. The molecule has 0 saturated carbocycles. The molecular weight excluding hydrogens is 381 g/mol. The summed E-state index contributed by atoms with van der Waals surface area (Å²) < 4.78 is 14.1. The standard InChI is InChI=1S/C24H24FN3O2/c1-13-10-18-23(19(29)11-13)22(16-7-5-8-17(25)12-16)21(15(3)27-18)24(30)28-20-9-4-6-14(2)26-20/h4-9,12-13,21-22H,10-11H2,1-3H3,(H,26,28,30)/t13-,21?,22+/m0/s1. The molecule has 6 heteroatoms. The van der Waals surface area contributed by atoms with Gasteiger partial charge in [-0.3, -0.25) is 14.6 Å². The van der Waals surface area contributed by atoms with E-state index < -0.39 is 17.7 Å². The molecule has 0 radical (unpaired) electrons. The van der Waals surface area contributed by atoms with Crippen LogP contribution in [0.15, 0.2) is 58.7 Å². The Hall–Kier alpha value is -3.15. The third-order valence-corrected chi connectivity index (χ3v) is 5.72. The van der Waals surface area contributed by atoms with E-state index >= 15 is 0 Å². The van der Waals surface area contributed by atoms with Gasteiger partial charge < -0.3 is 5.32 Å². The Bertz CT molecular complexity index is 1090. The second-order valence-corrected chi connectivity index (χ2v) is 8.21. The molecule has 154 valence electrons. The van der Waals surface area contributed by atoms with Crippen LogP contribution in [0, 0.1) is 24.6 Å². The number of hydrogen-bond acceptors (Lipinski definition) is 4. The molecule has 5 nitrogen and oxygen atoms in total. The van der Waals surface area contributed by atoms with Crippen LogP contribution in [0.5, 0.6) is 0 Å². The summed E-state index contributed by atoms with van der Waals surface area (Å²) in [7, 11) is 0. The van der Waals surface area contributed by atoms with E-state index in [0.29, 0.717) is 35.5 Å². The largest absolute Gasteiger partial charge is 0.310 e. The van der Waals surface area contributed by atoms with E-state index in [9.17, 15) is 14.0 Å². The molecule has 2 aromatic rings. The number of nitrogens with one attached hydrogen (secondary N) is 1. The third kappa shape index (κ3) is 3.82. The molecule has 0 bridgehead atoms. The van der Waals surface area contributed by atoms with E-state index in [1.807, 2.05) is 26.0 Å². The van der Waals surface area contributed by atoms with Gasteiger partial charge in [0.2, 0.25) is 5.91 Å². The first-order chi connectivity index (χ1) is 14.3. The number of aryl methyl sites for hydroxylation is 1. The van der Waals surface area contributed by atoms with Gasteiger partial charge in [-0.25, -0.2) is 9.37 Å². The molecule has 0 spiro atoms. The lowest BCUT2D eigenvalue weighted by molar-refractivity contribution is -0.119. The van der Waals surface area contributed by atoms with Gasteiger partial charge in [-0.2, -0.15) is 0 Å². The summed E-state index contributed by atoms with van der Waals surface area (Å²) in [5.74, 6) is -1.37. The van der Waals surface area contributed by atoms with Crippen LogP contribution in [0.4, 0.5) is 10.2 Å². The molecule has 30 heavy (non-hydrogen) atoms. The number of carbonyl (C=O) groups is 2. The number of nitrogens with zero attached hydrogens (tertiary/aromatic N) is 2. The van der Waals surface area contributed by atoms with Crippen LogP contribution >= 0.6 is 0 Å². The van der Waals surface area contributed by atoms with Gasteiger partial charge in [-0.05, 0) is 56.0 Å². The molecule has 0 fully saturated rings. The lowest BCUT2D eigenvalue weighted by Crippen LogP contribution is -2.40. The topological polar surface area (TPSA) is 71.4 Å². The lowest BCUT2D eigenvalue weighted by atomic mass is 9.70. The van der Waals surface area contributed by atoms with Gasteiger partial charge in [0.05, 0.1) is 5.92 Å². The number of Topliss-reactive ketones (excluding diaryl/α,β-unsaturated/α-hetero) is 1. The van der Waals surface area contributed by atoms with Crippen molar-refractivity contribution in [3.63, 3.8) is 0 Å². The quantitative estimate of drug-likeness (QED) is 0.812.